The molecule has 0 saturated carbocycles. The fourth-order valence-electron chi connectivity index (χ4n) is 2.95. The van der Waals surface area contributed by atoms with Crippen molar-refractivity contribution in [2.24, 2.45) is 5.92 Å². The summed E-state index contributed by atoms with van der Waals surface area (Å²) in [5.41, 5.74) is 0.403. The van der Waals surface area contributed by atoms with E-state index in [1.165, 1.54) is 34.9 Å². The predicted molar refractivity (Wildman–Crippen MR) is 92.2 cm³/mol. The van der Waals surface area contributed by atoms with Crippen LogP contribution in [0.15, 0.2) is 47.6 Å². The van der Waals surface area contributed by atoms with Gasteiger partial charge in [0.15, 0.2) is 0 Å². The van der Waals surface area contributed by atoms with Gasteiger partial charge >= 0.3 is 0 Å². The number of aromatic nitrogens is 2. The molecule has 1 fully saturated rings. The number of amides is 1. The van der Waals surface area contributed by atoms with Crippen LogP contribution in [0.4, 0.5) is 4.39 Å². The molecule has 1 aliphatic heterocycles. The lowest BCUT2D eigenvalue weighted by Gasteiger charge is -2.32. The second-order valence-corrected chi connectivity index (χ2v) is 8.11. The normalized spacial score (nSPS) is 18.4. The van der Waals surface area contributed by atoms with Gasteiger partial charge in [-0.05, 0) is 43.0 Å². The number of nitrogens with one attached hydrogen (secondary N) is 1. The Bertz CT molecular complexity index is 877. The molecular formula is C17H19FN4O3S. The molecule has 0 bridgehead atoms. The van der Waals surface area contributed by atoms with E-state index in [1.807, 2.05) is 0 Å². The molecule has 0 aliphatic carbocycles. The van der Waals surface area contributed by atoms with Gasteiger partial charge in [0.1, 0.15) is 5.82 Å². The zero-order valence-electron chi connectivity index (χ0n) is 14.0. The van der Waals surface area contributed by atoms with Crippen LogP contribution < -0.4 is 5.32 Å². The zero-order valence-corrected chi connectivity index (χ0v) is 14.8. The van der Waals surface area contributed by atoms with Gasteiger partial charge in [-0.1, -0.05) is 6.07 Å². The first kappa shape index (κ1) is 18.4. The van der Waals surface area contributed by atoms with E-state index in [4.69, 9.17) is 0 Å². The molecule has 1 saturated heterocycles. The minimum Gasteiger partial charge on any atom is -0.352 e. The van der Waals surface area contributed by atoms with Crippen molar-refractivity contribution in [3.8, 4) is 0 Å². The third-order valence-corrected chi connectivity index (χ3v) is 6.17. The average Bonchev–Trinajstić information content (AvgIpc) is 2.67. The summed E-state index contributed by atoms with van der Waals surface area (Å²) in [5.74, 6) is -0.867. The monoisotopic (exact) mass is 378 g/mol. The maximum atomic E-state index is 13.4. The number of carbonyl (C=O) groups is 1. The highest BCUT2D eigenvalue weighted by atomic mass is 32.2. The lowest BCUT2D eigenvalue weighted by molar-refractivity contribution is 0.0941. The summed E-state index contributed by atoms with van der Waals surface area (Å²) in [6, 6.07) is 6.56. The van der Waals surface area contributed by atoms with E-state index in [2.05, 4.69) is 15.5 Å². The van der Waals surface area contributed by atoms with Gasteiger partial charge in [0.2, 0.25) is 10.0 Å². The van der Waals surface area contributed by atoms with Crippen LogP contribution >= 0.6 is 0 Å². The highest BCUT2D eigenvalue weighted by Crippen LogP contribution is 2.23. The van der Waals surface area contributed by atoms with Crippen molar-refractivity contribution in [3.05, 3.63) is 54.1 Å². The van der Waals surface area contributed by atoms with Crippen LogP contribution in [-0.4, -0.2) is 48.5 Å². The van der Waals surface area contributed by atoms with Gasteiger partial charge in [-0.2, -0.15) is 14.5 Å². The van der Waals surface area contributed by atoms with Crippen molar-refractivity contribution in [2.75, 3.05) is 19.6 Å². The quantitative estimate of drug-likeness (QED) is 0.850. The van der Waals surface area contributed by atoms with Crippen LogP contribution in [0.1, 0.15) is 23.2 Å². The number of hydrogen-bond acceptors (Lipinski definition) is 5. The maximum Gasteiger partial charge on any atom is 0.252 e. The molecule has 2 heterocycles. The number of hydrogen-bond donors (Lipinski definition) is 1. The van der Waals surface area contributed by atoms with Gasteiger partial charge in [0.05, 0.1) is 22.9 Å². The van der Waals surface area contributed by atoms with Crippen LogP contribution in [-0.2, 0) is 10.0 Å². The van der Waals surface area contributed by atoms with E-state index in [0.29, 0.717) is 25.1 Å². The molecular weight excluding hydrogens is 359 g/mol. The molecule has 1 atom stereocenters. The molecule has 1 aromatic heterocycles. The fraction of sp³-hybridized carbons (Fsp3) is 0.353. The smallest absolute Gasteiger partial charge is 0.252 e. The van der Waals surface area contributed by atoms with Crippen molar-refractivity contribution in [1.29, 1.82) is 0 Å². The van der Waals surface area contributed by atoms with Crippen molar-refractivity contribution in [2.45, 2.75) is 17.7 Å². The molecule has 138 valence electrons. The van der Waals surface area contributed by atoms with E-state index in [1.54, 1.807) is 6.07 Å². The Balaban J connectivity index is 1.63. The number of nitrogens with zero attached hydrogens (tertiary/aromatic N) is 3. The van der Waals surface area contributed by atoms with Gasteiger partial charge in [-0.3, -0.25) is 4.79 Å². The molecule has 1 unspecified atom stereocenters. The first-order chi connectivity index (χ1) is 12.5. The predicted octanol–water partition coefficient (Wildman–Crippen LogP) is 1.45. The number of sulfonamides is 1. The highest BCUT2D eigenvalue weighted by molar-refractivity contribution is 7.89. The van der Waals surface area contributed by atoms with E-state index < -0.39 is 15.8 Å². The van der Waals surface area contributed by atoms with Crippen molar-refractivity contribution >= 4 is 15.9 Å². The van der Waals surface area contributed by atoms with Gasteiger partial charge in [0.25, 0.3) is 5.91 Å². The first-order valence-electron chi connectivity index (χ1n) is 8.27. The molecule has 2 aromatic rings. The molecule has 0 spiro atoms. The molecule has 1 aliphatic rings. The standard InChI is InChI=1S/C17H19FN4O3S/c18-15-4-1-5-16(9-15)26(24,25)22-8-2-3-13(12-22)10-19-17(23)14-6-7-20-21-11-14/h1,4-7,9,11,13H,2-3,8,10,12H2,(H,19,23). The van der Waals surface area contributed by atoms with Crippen molar-refractivity contribution in [1.82, 2.24) is 19.8 Å². The SMILES string of the molecule is O=C(NCC1CCCN(S(=O)(=O)c2cccc(F)c2)C1)c1ccnnc1. The summed E-state index contributed by atoms with van der Waals surface area (Å²) in [6.45, 7) is 1.03. The Hall–Kier alpha value is -2.39. The lowest BCUT2D eigenvalue weighted by Crippen LogP contribution is -2.43. The van der Waals surface area contributed by atoms with Crippen LogP contribution in [0, 0.1) is 11.7 Å². The van der Waals surface area contributed by atoms with Gasteiger partial charge in [-0.25, -0.2) is 12.8 Å². The number of piperidine rings is 1. The number of halogens is 1. The summed E-state index contributed by atoms with van der Waals surface area (Å²) in [7, 11) is -3.75. The Labute approximate surface area is 151 Å². The van der Waals surface area contributed by atoms with Crippen LogP contribution in [0.3, 0.4) is 0 Å². The fourth-order valence-corrected chi connectivity index (χ4v) is 4.54. The summed E-state index contributed by atoms with van der Waals surface area (Å²) in [5, 5.41) is 10.1. The summed E-state index contributed by atoms with van der Waals surface area (Å²) >= 11 is 0. The molecule has 1 N–H and O–H groups in total. The summed E-state index contributed by atoms with van der Waals surface area (Å²) in [4.78, 5) is 12.0. The van der Waals surface area contributed by atoms with Gasteiger partial charge < -0.3 is 5.32 Å². The minimum atomic E-state index is -3.75. The number of carbonyl (C=O) groups excluding carboxylic acids is 1. The summed E-state index contributed by atoms with van der Waals surface area (Å²) < 4.78 is 40.1. The van der Waals surface area contributed by atoms with E-state index in [9.17, 15) is 17.6 Å². The van der Waals surface area contributed by atoms with Crippen LogP contribution in [0.25, 0.3) is 0 Å². The largest absolute Gasteiger partial charge is 0.352 e. The topological polar surface area (TPSA) is 92.3 Å². The maximum absolute atomic E-state index is 13.4. The number of benzene rings is 1. The van der Waals surface area contributed by atoms with Crippen molar-refractivity contribution < 1.29 is 17.6 Å². The molecule has 1 aromatic carbocycles. The van der Waals surface area contributed by atoms with Crippen LogP contribution in [0.2, 0.25) is 0 Å². The van der Waals surface area contributed by atoms with Gasteiger partial charge in [0, 0.05) is 19.6 Å². The van der Waals surface area contributed by atoms with Crippen molar-refractivity contribution in [3.63, 3.8) is 0 Å². The average molecular weight is 378 g/mol. The van der Waals surface area contributed by atoms with Gasteiger partial charge in [-0.15, -0.1) is 0 Å². The van der Waals surface area contributed by atoms with E-state index >= 15 is 0 Å². The molecule has 3 rings (SSSR count). The lowest BCUT2D eigenvalue weighted by atomic mass is 9.99. The third-order valence-electron chi connectivity index (χ3n) is 4.31. The minimum absolute atomic E-state index is 0.00849. The Morgan fingerprint density at radius 1 is 1.31 bits per heavy atom. The Morgan fingerprint density at radius 2 is 2.15 bits per heavy atom. The Morgan fingerprint density at radius 3 is 2.88 bits per heavy atom. The first-order valence-corrected chi connectivity index (χ1v) is 9.71. The highest BCUT2D eigenvalue weighted by Gasteiger charge is 2.30. The van der Waals surface area contributed by atoms with Crippen LogP contribution in [0.5, 0.6) is 0 Å². The third kappa shape index (κ3) is 4.23. The molecule has 7 nitrogen and oxygen atoms in total. The molecule has 0 radical (unpaired) electrons. The Kier molecular flexibility index (Phi) is 5.58. The molecule has 9 heteroatoms. The molecule has 1 amide bonds. The van der Waals surface area contributed by atoms with E-state index in [0.717, 1.165) is 12.5 Å². The van der Waals surface area contributed by atoms with E-state index in [-0.39, 0.29) is 23.3 Å². The summed E-state index contributed by atoms with van der Waals surface area (Å²) in [6.07, 6.45) is 4.30. The second-order valence-electron chi connectivity index (χ2n) is 6.17. The number of rotatable bonds is 5. The zero-order chi connectivity index (χ0) is 18.6. The molecule has 26 heavy (non-hydrogen) atoms. The second kappa shape index (κ2) is 7.88.